The van der Waals surface area contributed by atoms with Gasteiger partial charge in [0.25, 0.3) is 0 Å². The van der Waals surface area contributed by atoms with E-state index in [9.17, 15) is 8.78 Å². The third-order valence-electron chi connectivity index (χ3n) is 2.15. The first-order valence-electron chi connectivity index (χ1n) is 4.96. The van der Waals surface area contributed by atoms with E-state index in [1.54, 1.807) is 12.3 Å². The van der Waals surface area contributed by atoms with E-state index in [1.165, 1.54) is 18.3 Å². The lowest BCUT2D eigenvalue weighted by molar-refractivity contribution is 0.414. The number of ether oxygens (including phenoxy) is 1. The third-order valence-corrected chi connectivity index (χ3v) is 2.15. The average molecular weight is 236 g/mol. The molecule has 17 heavy (non-hydrogen) atoms. The molecule has 2 aromatic rings. The highest BCUT2D eigenvalue weighted by molar-refractivity contribution is 5.32. The standard InChI is InChI=1S/C12H10F2N2O/c13-10-2-1-3-11(12(10)14)17-9-4-8(5-15)6-16-7-9/h1-4,6-7H,5,15H2. The molecule has 0 radical (unpaired) electrons. The normalized spacial score (nSPS) is 10.3. The number of benzene rings is 1. The van der Waals surface area contributed by atoms with E-state index in [2.05, 4.69) is 4.98 Å². The Morgan fingerprint density at radius 1 is 1.24 bits per heavy atom. The molecule has 3 nitrogen and oxygen atoms in total. The Hall–Kier alpha value is -2.01. The summed E-state index contributed by atoms with van der Waals surface area (Å²) in [6.07, 6.45) is 2.98. The summed E-state index contributed by atoms with van der Waals surface area (Å²) < 4.78 is 31.5. The molecule has 0 spiro atoms. The number of nitrogens with zero attached hydrogens (tertiary/aromatic N) is 1. The third kappa shape index (κ3) is 2.57. The first-order chi connectivity index (χ1) is 8.20. The van der Waals surface area contributed by atoms with Gasteiger partial charge in [-0.15, -0.1) is 0 Å². The fourth-order valence-corrected chi connectivity index (χ4v) is 1.32. The molecule has 1 heterocycles. The Bertz CT molecular complexity index is 532. The number of hydrogen-bond donors (Lipinski definition) is 1. The summed E-state index contributed by atoms with van der Waals surface area (Å²) in [4.78, 5) is 3.88. The maximum atomic E-state index is 13.3. The SMILES string of the molecule is NCc1cncc(Oc2cccc(F)c2F)c1. The topological polar surface area (TPSA) is 48.1 Å². The second kappa shape index (κ2) is 4.88. The van der Waals surface area contributed by atoms with Gasteiger partial charge in [-0.2, -0.15) is 4.39 Å². The van der Waals surface area contributed by atoms with Crippen molar-refractivity contribution < 1.29 is 13.5 Å². The van der Waals surface area contributed by atoms with Crippen LogP contribution in [0.4, 0.5) is 8.78 Å². The summed E-state index contributed by atoms with van der Waals surface area (Å²) in [5.41, 5.74) is 6.19. The minimum absolute atomic E-state index is 0.180. The lowest BCUT2D eigenvalue weighted by atomic mass is 10.3. The lowest BCUT2D eigenvalue weighted by Gasteiger charge is -2.07. The quantitative estimate of drug-likeness (QED) is 0.891. The Kier molecular flexibility index (Phi) is 3.30. The Morgan fingerprint density at radius 2 is 2.06 bits per heavy atom. The van der Waals surface area contributed by atoms with Crippen LogP contribution in [-0.4, -0.2) is 4.98 Å². The van der Waals surface area contributed by atoms with Crippen LogP contribution in [-0.2, 0) is 6.54 Å². The molecule has 0 saturated carbocycles. The summed E-state index contributed by atoms with van der Waals surface area (Å²) in [7, 11) is 0. The summed E-state index contributed by atoms with van der Waals surface area (Å²) in [6.45, 7) is 0.301. The van der Waals surface area contributed by atoms with Gasteiger partial charge in [0, 0.05) is 12.7 Å². The molecule has 0 fully saturated rings. The van der Waals surface area contributed by atoms with Gasteiger partial charge in [-0.05, 0) is 23.8 Å². The van der Waals surface area contributed by atoms with Gasteiger partial charge in [-0.3, -0.25) is 4.98 Å². The highest BCUT2D eigenvalue weighted by Gasteiger charge is 2.09. The molecule has 0 aliphatic heterocycles. The van der Waals surface area contributed by atoms with E-state index in [0.29, 0.717) is 12.3 Å². The number of rotatable bonds is 3. The molecule has 5 heteroatoms. The van der Waals surface area contributed by atoms with Crippen molar-refractivity contribution in [2.24, 2.45) is 5.73 Å². The predicted molar refractivity (Wildman–Crippen MR) is 58.6 cm³/mol. The van der Waals surface area contributed by atoms with Crippen molar-refractivity contribution in [3.8, 4) is 11.5 Å². The van der Waals surface area contributed by atoms with Gasteiger partial charge < -0.3 is 10.5 Å². The second-order valence-corrected chi connectivity index (χ2v) is 3.39. The van der Waals surface area contributed by atoms with Crippen LogP contribution in [0.25, 0.3) is 0 Å². The van der Waals surface area contributed by atoms with E-state index < -0.39 is 11.6 Å². The number of nitrogens with two attached hydrogens (primary N) is 1. The van der Waals surface area contributed by atoms with Crippen molar-refractivity contribution in [1.29, 1.82) is 0 Å². The molecule has 1 aromatic carbocycles. The fourth-order valence-electron chi connectivity index (χ4n) is 1.32. The number of aromatic nitrogens is 1. The van der Waals surface area contributed by atoms with Crippen LogP contribution in [0.3, 0.4) is 0 Å². The molecule has 2 N–H and O–H groups in total. The Labute approximate surface area is 96.9 Å². The fraction of sp³-hybridized carbons (Fsp3) is 0.0833. The van der Waals surface area contributed by atoms with Crippen molar-refractivity contribution >= 4 is 0 Å². The van der Waals surface area contributed by atoms with Gasteiger partial charge in [0.1, 0.15) is 5.75 Å². The summed E-state index contributed by atoms with van der Waals surface area (Å²) in [5.74, 6) is -1.84. The van der Waals surface area contributed by atoms with Gasteiger partial charge in [-0.1, -0.05) is 6.07 Å². The lowest BCUT2D eigenvalue weighted by Crippen LogP contribution is -1.98. The summed E-state index contributed by atoms with van der Waals surface area (Å²) in [6, 6.07) is 5.36. The zero-order chi connectivity index (χ0) is 12.3. The molecular weight excluding hydrogens is 226 g/mol. The molecule has 0 unspecified atom stereocenters. The zero-order valence-electron chi connectivity index (χ0n) is 8.86. The van der Waals surface area contributed by atoms with E-state index in [0.717, 1.165) is 11.6 Å². The number of pyridine rings is 1. The highest BCUT2D eigenvalue weighted by Crippen LogP contribution is 2.25. The van der Waals surface area contributed by atoms with Crippen LogP contribution >= 0.6 is 0 Å². The minimum atomic E-state index is -1.02. The average Bonchev–Trinajstić information content (AvgIpc) is 2.35. The zero-order valence-corrected chi connectivity index (χ0v) is 8.86. The molecule has 2 rings (SSSR count). The molecule has 0 aliphatic rings. The molecule has 0 saturated heterocycles. The van der Waals surface area contributed by atoms with E-state index in [-0.39, 0.29) is 5.75 Å². The van der Waals surface area contributed by atoms with Crippen LogP contribution in [0, 0.1) is 11.6 Å². The number of halogens is 2. The van der Waals surface area contributed by atoms with Crippen LogP contribution in [0.2, 0.25) is 0 Å². The van der Waals surface area contributed by atoms with Gasteiger partial charge in [0.2, 0.25) is 5.82 Å². The predicted octanol–water partition coefficient (Wildman–Crippen LogP) is 2.61. The van der Waals surface area contributed by atoms with E-state index in [1.807, 2.05) is 0 Å². The van der Waals surface area contributed by atoms with Crippen molar-refractivity contribution in [3.05, 3.63) is 53.9 Å². The molecule has 88 valence electrons. The largest absolute Gasteiger partial charge is 0.453 e. The van der Waals surface area contributed by atoms with Crippen molar-refractivity contribution in [3.63, 3.8) is 0 Å². The molecule has 0 aliphatic carbocycles. The van der Waals surface area contributed by atoms with Gasteiger partial charge in [-0.25, -0.2) is 4.39 Å². The van der Waals surface area contributed by atoms with Crippen molar-refractivity contribution in [2.45, 2.75) is 6.54 Å². The molecular formula is C12H10F2N2O. The highest BCUT2D eigenvalue weighted by atomic mass is 19.2. The maximum absolute atomic E-state index is 13.3. The first-order valence-corrected chi connectivity index (χ1v) is 4.96. The van der Waals surface area contributed by atoms with Crippen LogP contribution < -0.4 is 10.5 Å². The van der Waals surface area contributed by atoms with E-state index >= 15 is 0 Å². The molecule has 0 amide bonds. The second-order valence-electron chi connectivity index (χ2n) is 3.39. The van der Waals surface area contributed by atoms with Crippen LogP contribution in [0.15, 0.2) is 36.7 Å². The van der Waals surface area contributed by atoms with Crippen LogP contribution in [0.5, 0.6) is 11.5 Å². The van der Waals surface area contributed by atoms with E-state index in [4.69, 9.17) is 10.5 Å². The van der Waals surface area contributed by atoms with Gasteiger partial charge in [0.15, 0.2) is 11.6 Å². The minimum Gasteiger partial charge on any atom is -0.453 e. The van der Waals surface area contributed by atoms with Crippen LogP contribution in [0.1, 0.15) is 5.56 Å². The Balaban J connectivity index is 2.28. The van der Waals surface area contributed by atoms with Gasteiger partial charge in [0.05, 0.1) is 6.20 Å². The maximum Gasteiger partial charge on any atom is 0.201 e. The molecule has 0 bridgehead atoms. The summed E-state index contributed by atoms with van der Waals surface area (Å²) in [5, 5.41) is 0. The monoisotopic (exact) mass is 236 g/mol. The number of hydrogen-bond acceptors (Lipinski definition) is 3. The Morgan fingerprint density at radius 3 is 2.82 bits per heavy atom. The smallest absolute Gasteiger partial charge is 0.201 e. The van der Waals surface area contributed by atoms with Crippen molar-refractivity contribution in [1.82, 2.24) is 4.98 Å². The first kappa shape index (κ1) is 11.5. The molecule has 0 atom stereocenters. The van der Waals surface area contributed by atoms with Crippen molar-refractivity contribution in [2.75, 3.05) is 0 Å². The summed E-state index contributed by atoms with van der Waals surface area (Å²) >= 11 is 0. The molecule has 1 aromatic heterocycles. The van der Waals surface area contributed by atoms with Gasteiger partial charge >= 0.3 is 0 Å².